The second-order valence-corrected chi connectivity index (χ2v) is 10.6. The van der Waals surface area contributed by atoms with Crippen molar-refractivity contribution in [2.24, 2.45) is 11.8 Å². The number of carbonyl (C=O) groups is 4. The molecule has 4 atom stereocenters. The summed E-state index contributed by atoms with van der Waals surface area (Å²) in [6.07, 6.45) is 1.84. The molecule has 9 nitrogen and oxygen atoms in total. The zero-order valence-corrected chi connectivity index (χ0v) is 21.1. The number of likely N-dealkylation sites (tertiary alicyclic amines) is 2. The van der Waals surface area contributed by atoms with Crippen molar-refractivity contribution in [1.29, 1.82) is 0 Å². The van der Waals surface area contributed by atoms with Gasteiger partial charge in [-0.1, -0.05) is 13.8 Å². The first-order chi connectivity index (χ1) is 16.7. The second kappa shape index (κ2) is 10.4. The molecule has 3 aliphatic heterocycles. The fourth-order valence-electron chi connectivity index (χ4n) is 5.50. The van der Waals surface area contributed by atoms with E-state index in [1.54, 1.807) is 21.9 Å². The number of hydrogen-bond acceptors (Lipinski definition) is 6. The predicted molar refractivity (Wildman–Crippen MR) is 133 cm³/mol. The second-order valence-electron chi connectivity index (χ2n) is 10.6. The lowest BCUT2D eigenvalue weighted by Gasteiger charge is -2.29. The summed E-state index contributed by atoms with van der Waals surface area (Å²) in [5.41, 5.74) is 1.46. The molecule has 3 aliphatic rings. The zero-order valence-electron chi connectivity index (χ0n) is 21.1. The molecule has 3 heterocycles. The van der Waals surface area contributed by atoms with Gasteiger partial charge in [0, 0.05) is 38.4 Å². The lowest BCUT2D eigenvalue weighted by molar-refractivity contribution is -0.138. The highest BCUT2D eigenvalue weighted by Gasteiger charge is 2.53. The van der Waals surface area contributed by atoms with E-state index in [0.717, 1.165) is 18.7 Å². The normalized spacial score (nSPS) is 24.6. The number of benzene rings is 1. The van der Waals surface area contributed by atoms with E-state index >= 15 is 0 Å². The van der Waals surface area contributed by atoms with Crippen LogP contribution in [0.4, 0.5) is 5.69 Å². The molecule has 1 aromatic rings. The van der Waals surface area contributed by atoms with E-state index in [1.165, 1.54) is 0 Å². The average molecular weight is 484 g/mol. The van der Waals surface area contributed by atoms with Crippen LogP contribution in [0.2, 0.25) is 0 Å². The van der Waals surface area contributed by atoms with E-state index in [2.05, 4.69) is 10.6 Å². The third-order valence-corrected chi connectivity index (χ3v) is 7.35. The highest BCUT2D eigenvalue weighted by molar-refractivity contribution is 6.01. The first kappa shape index (κ1) is 25.2. The number of rotatable bonds is 7. The van der Waals surface area contributed by atoms with Gasteiger partial charge < -0.3 is 25.3 Å². The van der Waals surface area contributed by atoms with Crippen LogP contribution in [0, 0.1) is 11.8 Å². The van der Waals surface area contributed by atoms with E-state index < -0.39 is 12.1 Å². The van der Waals surface area contributed by atoms with Crippen molar-refractivity contribution in [3.05, 3.63) is 29.8 Å². The monoisotopic (exact) mass is 483 g/mol. The maximum atomic E-state index is 13.7. The van der Waals surface area contributed by atoms with Crippen molar-refractivity contribution in [3.8, 4) is 0 Å². The van der Waals surface area contributed by atoms with Crippen molar-refractivity contribution in [2.75, 3.05) is 45.2 Å². The Morgan fingerprint density at radius 3 is 2.43 bits per heavy atom. The summed E-state index contributed by atoms with van der Waals surface area (Å²) in [5.74, 6) is -0.556. The van der Waals surface area contributed by atoms with E-state index in [4.69, 9.17) is 0 Å². The summed E-state index contributed by atoms with van der Waals surface area (Å²) >= 11 is 0. The molecular formula is C26H37N5O4. The molecule has 9 heteroatoms. The van der Waals surface area contributed by atoms with Crippen LogP contribution in [-0.4, -0.2) is 91.7 Å². The lowest BCUT2D eigenvalue weighted by Crippen LogP contribution is -2.53. The molecule has 0 radical (unpaired) electrons. The van der Waals surface area contributed by atoms with Crippen molar-refractivity contribution < 1.29 is 19.2 Å². The van der Waals surface area contributed by atoms with Gasteiger partial charge in [-0.3, -0.25) is 19.2 Å². The molecule has 0 aliphatic carbocycles. The SMILES string of the molecule is CC(C)C[C@H](NC(=O)c1ccc(N(C)C)cc1)C(=O)N1CCC2C1C(=O)CN2C(=O)C1CCNC1. The minimum absolute atomic E-state index is 0.0124. The zero-order chi connectivity index (χ0) is 25.3. The van der Waals surface area contributed by atoms with Crippen LogP contribution < -0.4 is 15.5 Å². The molecule has 4 rings (SSSR count). The Balaban J connectivity index is 1.47. The van der Waals surface area contributed by atoms with E-state index in [0.29, 0.717) is 31.5 Å². The number of amides is 3. The van der Waals surface area contributed by atoms with E-state index in [1.807, 2.05) is 45.0 Å². The van der Waals surface area contributed by atoms with E-state index in [-0.39, 0.29) is 47.9 Å². The molecule has 0 spiro atoms. The highest BCUT2D eigenvalue weighted by Crippen LogP contribution is 2.32. The van der Waals surface area contributed by atoms with Crippen molar-refractivity contribution in [1.82, 2.24) is 20.4 Å². The first-order valence-corrected chi connectivity index (χ1v) is 12.6. The smallest absolute Gasteiger partial charge is 0.251 e. The average Bonchev–Trinajstić information content (AvgIpc) is 3.56. The summed E-state index contributed by atoms with van der Waals surface area (Å²) in [7, 11) is 3.86. The molecule has 0 saturated carbocycles. The van der Waals surface area contributed by atoms with Gasteiger partial charge in [0.15, 0.2) is 5.78 Å². The van der Waals surface area contributed by atoms with Gasteiger partial charge in [0.2, 0.25) is 11.8 Å². The summed E-state index contributed by atoms with van der Waals surface area (Å²) in [6.45, 7) is 5.93. The van der Waals surface area contributed by atoms with Gasteiger partial charge in [0.25, 0.3) is 5.91 Å². The summed E-state index contributed by atoms with van der Waals surface area (Å²) in [4.78, 5) is 57.9. The van der Waals surface area contributed by atoms with Crippen molar-refractivity contribution in [2.45, 2.75) is 51.2 Å². The third kappa shape index (κ3) is 5.19. The van der Waals surface area contributed by atoms with Gasteiger partial charge in [-0.15, -0.1) is 0 Å². The van der Waals surface area contributed by atoms with Gasteiger partial charge in [0.05, 0.1) is 18.5 Å². The van der Waals surface area contributed by atoms with E-state index in [9.17, 15) is 19.2 Å². The Bertz CT molecular complexity index is 970. The topological polar surface area (TPSA) is 102 Å². The highest BCUT2D eigenvalue weighted by atomic mass is 16.2. The number of ketones is 1. The van der Waals surface area contributed by atoms with Gasteiger partial charge >= 0.3 is 0 Å². The lowest BCUT2D eigenvalue weighted by atomic mass is 10.0. The Labute approximate surface area is 207 Å². The van der Waals surface area contributed by atoms with Crippen LogP contribution in [-0.2, 0) is 14.4 Å². The number of anilines is 1. The molecule has 3 unspecified atom stereocenters. The fourth-order valence-corrected chi connectivity index (χ4v) is 5.50. The molecule has 0 bridgehead atoms. The maximum Gasteiger partial charge on any atom is 0.251 e. The molecule has 35 heavy (non-hydrogen) atoms. The Hall–Kier alpha value is -2.94. The molecule has 3 saturated heterocycles. The minimum atomic E-state index is -0.730. The molecule has 3 fully saturated rings. The molecule has 190 valence electrons. The van der Waals surface area contributed by atoms with Crippen molar-refractivity contribution >= 4 is 29.2 Å². The quantitative estimate of drug-likeness (QED) is 0.597. The van der Waals surface area contributed by atoms with Crippen LogP contribution in [0.3, 0.4) is 0 Å². The number of nitrogens with one attached hydrogen (secondary N) is 2. The maximum absolute atomic E-state index is 13.7. The number of carbonyl (C=O) groups excluding carboxylic acids is 4. The van der Waals surface area contributed by atoms with Gasteiger partial charge in [-0.25, -0.2) is 0 Å². The van der Waals surface area contributed by atoms with Gasteiger partial charge in [-0.2, -0.15) is 0 Å². The van der Waals surface area contributed by atoms with Crippen LogP contribution in [0.15, 0.2) is 24.3 Å². The van der Waals surface area contributed by atoms with Crippen molar-refractivity contribution in [3.63, 3.8) is 0 Å². The van der Waals surface area contributed by atoms with Gasteiger partial charge in [-0.05, 0) is 56.0 Å². The molecule has 1 aromatic carbocycles. The Kier molecular flexibility index (Phi) is 7.44. The number of Topliss-reactive ketones (excluding diaryl/α,β-unsaturated/α-hetero) is 1. The van der Waals surface area contributed by atoms with Crippen LogP contribution in [0.25, 0.3) is 0 Å². The summed E-state index contributed by atoms with van der Waals surface area (Å²) in [5, 5.41) is 6.13. The van der Waals surface area contributed by atoms with Crippen LogP contribution in [0.5, 0.6) is 0 Å². The fraction of sp³-hybridized carbons (Fsp3) is 0.615. The van der Waals surface area contributed by atoms with Crippen LogP contribution in [0.1, 0.15) is 43.5 Å². The predicted octanol–water partition coefficient (Wildman–Crippen LogP) is 0.887. The molecule has 0 aromatic heterocycles. The Morgan fingerprint density at radius 1 is 1.11 bits per heavy atom. The molecule has 3 amide bonds. The minimum Gasteiger partial charge on any atom is -0.378 e. The van der Waals surface area contributed by atoms with Crippen LogP contribution >= 0.6 is 0 Å². The van der Waals surface area contributed by atoms with Gasteiger partial charge in [0.1, 0.15) is 12.1 Å². The number of nitrogens with zero attached hydrogens (tertiary/aromatic N) is 3. The number of fused-ring (bicyclic) bond motifs is 1. The third-order valence-electron chi connectivity index (χ3n) is 7.35. The Morgan fingerprint density at radius 2 is 1.83 bits per heavy atom. The standard InChI is InChI=1S/C26H37N5O4/c1-16(2)13-20(28-24(33)17-5-7-19(8-6-17)29(3)4)26(35)30-12-10-21-23(30)22(32)15-31(21)25(34)18-9-11-27-14-18/h5-8,16,18,20-21,23,27H,9-15H2,1-4H3,(H,28,33)/t18?,20-,21?,23?/m0/s1. The largest absolute Gasteiger partial charge is 0.378 e. The molecule has 2 N–H and O–H groups in total. The summed E-state index contributed by atoms with van der Waals surface area (Å²) < 4.78 is 0. The summed E-state index contributed by atoms with van der Waals surface area (Å²) in [6, 6.07) is 5.60. The molecular weight excluding hydrogens is 446 g/mol. The first-order valence-electron chi connectivity index (χ1n) is 12.6. The number of hydrogen-bond donors (Lipinski definition) is 2.